The first-order chi connectivity index (χ1) is 11.6. The maximum Gasteiger partial charge on any atom is 0.257 e. The number of carbonyl (C=O) groups is 2. The zero-order valence-corrected chi connectivity index (χ0v) is 13.0. The molecule has 1 fully saturated rings. The van der Waals surface area contributed by atoms with Crippen LogP contribution in [0.15, 0.2) is 41.3 Å². The van der Waals surface area contributed by atoms with E-state index in [-0.39, 0.29) is 23.3 Å². The molecular weight excluding hydrogens is 306 g/mol. The Kier molecular flexibility index (Phi) is 3.45. The molecule has 2 aromatic rings. The van der Waals surface area contributed by atoms with Crippen LogP contribution in [0.25, 0.3) is 0 Å². The molecule has 4 rings (SSSR count). The van der Waals surface area contributed by atoms with Gasteiger partial charge in [0, 0.05) is 36.1 Å². The SMILES string of the molecule is O=C(Nc1ccc2c(c1)CCN2C(=O)C1CC1)c1ccc(=O)[nH]c1. The number of fused-ring (bicyclic) bond motifs is 1. The Bertz CT molecular complexity index is 863. The summed E-state index contributed by atoms with van der Waals surface area (Å²) in [5.74, 6) is 0.143. The number of amides is 2. The van der Waals surface area contributed by atoms with Crippen LogP contribution in [0.5, 0.6) is 0 Å². The van der Waals surface area contributed by atoms with Gasteiger partial charge in [0.05, 0.1) is 5.56 Å². The predicted octanol–water partition coefficient (Wildman–Crippen LogP) is 1.93. The molecule has 1 aromatic heterocycles. The van der Waals surface area contributed by atoms with Crippen LogP contribution in [0.1, 0.15) is 28.8 Å². The van der Waals surface area contributed by atoms with E-state index in [4.69, 9.17) is 0 Å². The van der Waals surface area contributed by atoms with E-state index in [2.05, 4.69) is 10.3 Å². The molecule has 0 radical (unpaired) electrons. The van der Waals surface area contributed by atoms with Gasteiger partial charge >= 0.3 is 0 Å². The Morgan fingerprint density at radius 3 is 2.71 bits per heavy atom. The quantitative estimate of drug-likeness (QED) is 0.905. The third kappa shape index (κ3) is 2.71. The van der Waals surface area contributed by atoms with E-state index in [1.54, 1.807) is 6.07 Å². The number of nitrogens with zero attached hydrogens (tertiary/aromatic N) is 1. The number of nitrogens with one attached hydrogen (secondary N) is 2. The first-order valence-corrected chi connectivity index (χ1v) is 8.06. The summed E-state index contributed by atoms with van der Waals surface area (Å²) >= 11 is 0. The van der Waals surface area contributed by atoms with Gasteiger partial charge in [0.15, 0.2) is 0 Å². The van der Waals surface area contributed by atoms with Gasteiger partial charge in [0.1, 0.15) is 0 Å². The number of benzene rings is 1. The van der Waals surface area contributed by atoms with Gasteiger partial charge in [-0.2, -0.15) is 0 Å². The molecular formula is C18H17N3O3. The molecule has 1 aromatic carbocycles. The summed E-state index contributed by atoms with van der Waals surface area (Å²) in [5.41, 5.74) is 2.85. The lowest BCUT2D eigenvalue weighted by atomic mass is 10.1. The summed E-state index contributed by atoms with van der Waals surface area (Å²) in [6.07, 6.45) is 4.19. The maximum atomic E-state index is 12.3. The second-order valence-corrected chi connectivity index (χ2v) is 6.25. The lowest BCUT2D eigenvalue weighted by Crippen LogP contribution is -2.30. The highest BCUT2D eigenvalue weighted by Crippen LogP contribution is 2.37. The van der Waals surface area contributed by atoms with Gasteiger partial charge in [0.2, 0.25) is 11.5 Å². The molecule has 24 heavy (non-hydrogen) atoms. The van der Waals surface area contributed by atoms with Crippen LogP contribution >= 0.6 is 0 Å². The highest BCUT2D eigenvalue weighted by atomic mass is 16.2. The van der Waals surface area contributed by atoms with Crippen LogP contribution in [0, 0.1) is 5.92 Å². The second-order valence-electron chi connectivity index (χ2n) is 6.25. The molecule has 2 amide bonds. The molecule has 0 saturated heterocycles. The Morgan fingerprint density at radius 1 is 1.17 bits per heavy atom. The van der Waals surface area contributed by atoms with Crippen LogP contribution in [0.2, 0.25) is 0 Å². The molecule has 1 aliphatic carbocycles. The number of carbonyl (C=O) groups excluding carboxylic acids is 2. The van der Waals surface area contributed by atoms with Gasteiger partial charge in [-0.3, -0.25) is 14.4 Å². The average molecular weight is 323 g/mol. The fraction of sp³-hybridized carbons (Fsp3) is 0.278. The van der Waals surface area contributed by atoms with Gasteiger partial charge in [-0.25, -0.2) is 0 Å². The molecule has 2 aliphatic rings. The molecule has 0 bridgehead atoms. The summed E-state index contributed by atoms with van der Waals surface area (Å²) in [4.78, 5) is 39.9. The van der Waals surface area contributed by atoms with Crippen LogP contribution in [-0.2, 0) is 11.2 Å². The molecule has 1 saturated carbocycles. The van der Waals surface area contributed by atoms with Crippen LogP contribution in [0.4, 0.5) is 11.4 Å². The molecule has 2 N–H and O–H groups in total. The second kappa shape index (κ2) is 5.63. The molecule has 2 heterocycles. The maximum absolute atomic E-state index is 12.3. The molecule has 0 atom stereocenters. The van der Waals surface area contributed by atoms with Crippen molar-refractivity contribution in [1.29, 1.82) is 0 Å². The van der Waals surface area contributed by atoms with E-state index in [0.29, 0.717) is 17.8 Å². The van der Waals surface area contributed by atoms with Crippen molar-refractivity contribution in [1.82, 2.24) is 4.98 Å². The van der Waals surface area contributed by atoms with Crippen molar-refractivity contribution < 1.29 is 9.59 Å². The predicted molar refractivity (Wildman–Crippen MR) is 90.2 cm³/mol. The summed E-state index contributed by atoms with van der Waals surface area (Å²) in [5, 5.41) is 2.82. The van der Waals surface area contributed by atoms with Gasteiger partial charge in [-0.15, -0.1) is 0 Å². The number of hydrogen-bond donors (Lipinski definition) is 2. The fourth-order valence-electron chi connectivity index (χ4n) is 3.01. The number of aromatic amines is 1. The minimum Gasteiger partial charge on any atom is -0.328 e. The van der Waals surface area contributed by atoms with E-state index in [0.717, 1.165) is 30.5 Å². The van der Waals surface area contributed by atoms with Crippen LogP contribution in [0.3, 0.4) is 0 Å². The summed E-state index contributed by atoms with van der Waals surface area (Å²) in [6, 6.07) is 8.42. The lowest BCUT2D eigenvalue weighted by molar-refractivity contribution is -0.119. The molecule has 0 unspecified atom stereocenters. The highest BCUT2D eigenvalue weighted by Gasteiger charge is 2.36. The van der Waals surface area contributed by atoms with Gasteiger partial charge in [0.25, 0.3) is 5.91 Å². The third-order valence-electron chi connectivity index (χ3n) is 4.47. The van der Waals surface area contributed by atoms with Gasteiger partial charge in [-0.05, 0) is 49.1 Å². The minimum absolute atomic E-state index is 0.204. The van der Waals surface area contributed by atoms with Crippen molar-refractivity contribution in [3.05, 3.63) is 58.0 Å². The first-order valence-electron chi connectivity index (χ1n) is 8.06. The summed E-state index contributed by atoms with van der Waals surface area (Å²) in [7, 11) is 0. The van der Waals surface area contributed by atoms with Gasteiger partial charge < -0.3 is 15.2 Å². The monoisotopic (exact) mass is 323 g/mol. The van der Waals surface area contributed by atoms with Crippen LogP contribution in [-0.4, -0.2) is 23.3 Å². The van der Waals surface area contributed by atoms with Crippen molar-refractivity contribution in [3.8, 4) is 0 Å². The van der Waals surface area contributed by atoms with Crippen molar-refractivity contribution in [2.24, 2.45) is 5.92 Å². The Morgan fingerprint density at radius 2 is 2.00 bits per heavy atom. The number of anilines is 2. The number of hydrogen-bond acceptors (Lipinski definition) is 3. The number of pyridine rings is 1. The number of rotatable bonds is 3. The average Bonchev–Trinajstić information content (AvgIpc) is 3.35. The Labute approximate surface area is 138 Å². The van der Waals surface area contributed by atoms with E-state index in [1.165, 1.54) is 18.3 Å². The minimum atomic E-state index is -0.282. The number of H-pyrrole nitrogens is 1. The molecule has 0 spiro atoms. The molecule has 6 heteroatoms. The molecule has 6 nitrogen and oxygen atoms in total. The van der Waals surface area contributed by atoms with Crippen molar-refractivity contribution >= 4 is 23.2 Å². The molecule has 1 aliphatic heterocycles. The van der Waals surface area contributed by atoms with E-state index in [9.17, 15) is 14.4 Å². The summed E-state index contributed by atoms with van der Waals surface area (Å²) < 4.78 is 0. The molecule has 122 valence electrons. The van der Waals surface area contributed by atoms with Gasteiger partial charge in [-0.1, -0.05) is 0 Å². The topological polar surface area (TPSA) is 82.3 Å². The smallest absolute Gasteiger partial charge is 0.257 e. The highest BCUT2D eigenvalue weighted by molar-refractivity contribution is 6.04. The largest absolute Gasteiger partial charge is 0.328 e. The first kappa shape index (κ1) is 14.7. The lowest BCUT2D eigenvalue weighted by Gasteiger charge is -2.17. The third-order valence-corrected chi connectivity index (χ3v) is 4.47. The zero-order chi connectivity index (χ0) is 16.7. The number of aromatic nitrogens is 1. The normalized spacial score (nSPS) is 15.9. The fourth-order valence-corrected chi connectivity index (χ4v) is 3.01. The van der Waals surface area contributed by atoms with E-state index >= 15 is 0 Å². The van der Waals surface area contributed by atoms with E-state index < -0.39 is 0 Å². The Balaban J connectivity index is 1.51. The van der Waals surface area contributed by atoms with Crippen LogP contribution < -0.4 is 15.8 Å². The Hall–Kier alpha value is -2.89. The zero-order valence-electron chi connectivity index (χ0n) is 13.0. The van der Waals surface area contributed by atoms with E-state index in [1.807, 2.05) is 17.0 Å². The van der Waals surface area contributed by atoms with Crippen molar-refractivity contribution in [2.75, 3.05) is 16.8 Å². The summed E-state index contributed by atoms with van der Waals surface area (Å²) in [6.45, 7) is 0.710. The van der Waals surface area contributed by atoms with Crippen molar-refractivity contribution in [3.63, 3.8) is 0 Å². The standard InChI is InChI=1S/C18H17N3O3/c22-16-6-3-13(10-19-16)17(23)20-14-4-5-15-12(9-14)7-8-21(15)18(24)11-1-2-11/h3-6,9-11H,1-2,7-8H2,(H,19,22)(H,20,23). The van der Waals surface area contributed by atoms with Crippen molar-refractivity contribution in [2.45, 2.75) is 19.3 Å².